The molecular formula is C34H28N5NiO8-. The molecule has 3 atom stereocenters. The van der Waals surface area contributed by atoms with Gasteiger partial charge in [-0.2, -0.15) is 0 Å². The Morgan fingerprint density at radius 1 is 1.02 bits per heavy atom. The number of aromatic nitrogens is 1. The largest absolute Gasteiger partial charge is 0.621 e. The van der Waals surface area contributed by atoms with Crippen molar-refractivity contribution in [2.24, 2.45) is 4.99 Å². The molecule has 48 heavy (non-hydrogen) atoms. The quantitative estimate of drug-likeness (QED) is 0.0853. The SMILES string of the molecule is CC(=N[C@H](C(=O)O)[C@H](CC(=O)N1C(=O)OC[C@@H]1c1ccccc1)c1ccc([N+](=O)[O-])cc1)c1ccccc1[N-]C(=O)c1ccccn1.[Ni]. The van der Waals surface area contributed by atoms with Gasteiger partial charge < -0.3 is 20.0 Å². The summed E-state index contributed by atoms with van der Waals surface area (Å²) in [5.41, 5.74) is 1.61. The predicted octanol–water partition coefficient (Wildman–Crippen LogP) is 5.99. The van der Waals surface area contributed by atoms with Crippen LogP contribution in [0.3, 0.4) is 0 Å². The molecule has 2 heterocycles. The Bertz CT molecular complexity index is 1840. The van der Waals surface area contributed by atoms with Gasteiger partial charge in [0.25, 0.3) is 5.69 Å². The number of pyridine rings is 1. The average Bonchev–Trinajstić information content (AvgIpc) is 3.48. The van der Waals surface area contributed by atoms with E-state index in [9.17, 15) is 34.4 Å². The second-order valence-corrected chi connectivity index (χ2v) is 10.6. The summed E-state index contributed by atoms with van der Waals surface area (Å²) in [6.07, 6.45) is 0.0993. The molecule has 14 heteroatoms. The minimum Gasteiger partial charge on any atom is -0.621 e. The van der Waals surface area contributed by atoms with Crippen molar-refractivity contribution in [2.75, 3.05) is 6.61 Å². The van der Waals surface area contributed by atoms with Gasteiger partial charge in [-0.05, 0) is 35.7 Å². The number of rotatable bonds is 11. The third kappa shape index (κ3) is 7.96. The van der Waals surface area contributed by atoms with Crippen LogP contribution >= 0.6 is 0 Å². The number of carbonyl (C=O) groups excluding carboxylic acids is 3. The summed E-state index contributed by atoms with van der Waals surface area (Å²) < 4.78 is 5.20. The molecule has 0 saturated carbocycles. The molecule has 13 nitrogen and oxygen atoms in total. The Morgan fingerprint density at radius 3 is 2.33 bits per heavy atom. The summed E-state index contributed by atoms with van der Waals surface area (Å²) in [5.74, 6) is -3.87. The van der Waals surface area contributed by atoms with Crippen molar-refractivity contribution in [3.05, 3.63) is 141 Å². The van der Waals surface area contributed by atoms with E-state index >= 15 is 0 Å². The molecule has 1 saturated heterocycles. The number of amides is 3. The topological polar surface area (TPSA) is 183 Å². The van der Waals surface area contributed by atoms with Gasteiger partial charge in [0.1, 0.15) is 18.6 Å². The number of carboxylic acid groups (broad SMARTS) is 1. The summed E-state index contributed by atoms with van der Waals surface area (Å²) in [7, 11) is 0. The van der Waals surface area contributed by atoms with Crippen LogP contribution in [0.1, 0.15) is 52.5 Å². The number of benzene rings is 3. The van der Waals surface area contributed by atoms with E-state index in [1.165, 1.54) is 36.5 Å². The fourth-order valence-electron chi connectivity index (χ4n) is 5.29. The normalized spacial score (nSPS) is 15.4. The van der Waals surface area contributed by atoms with E-state index in [4.69, 9.17) is 4.74 Å². The van der Waals surface area contributed by atoms with E-state index in [1.807, 2.05) is 0 Å². The zero-order chi connectivity index (χ0) is 33.5. The van der Waals surface area contributed by atoms with Gasteiger partial charge in [-0.25, -0.2) is 14.5 Å². The van der Waals surface area contributed by atoms with E-state index in [0.717, 1.165) is 4.90 Å². The van der Waals surface area contributed by atoms with Crippen molar-refractivity contribution in [2.45, 2.75) is 31.3 Å². The van der Waals surface area contributed by atoms with E-state index in [1.54, 1.807) is 73.7 Å². The number of cyclic esters (lactones) is 1. The van der Waals surface area contributed by atoms with Crippen LogP contribution in [0.15, 0.2) is 108 Å². The van der Waals surface area contributed by atoms with Crippen molar-refractivity contribution >= 4 is 41.0 Å². The molecule has 1 aromatic heterocycles. The van der Waals surface area contributed by atoms with Crippen LogP contribution in [0.5, 0.6) is 0 Å². The summed E-state index contributed by atoms with van der Waals surface area (Å²) in [6, 6.07) is 23.0. The Morgan fingerprint density at radius 2 is 1.69 bits per heavy atom. The van der Waals surface area contributed by atoms with Crippen LogP contribution in [0.25, 0.3) is 5.32 Å². The third-order valence-corrected chi connectivity index (χ3v) is 7.62. The number of imide groups is 1. The molecule has 0 spiro atoms. The van der Waals surface area contributed by atoms with Crippen molar-refractivity contribution in [3.8, 4) is 0 Å². The minimum atomic E-state index is -1.59. The molecule has 3 aromatic carbocycles. The standard InChI is InChI=1S/C34H29N5O8.Ni/c1-21(25-11-5-6-12-27(25)37-32(41)28-13-7-8-18-35-28)36-31(33(42)43)26(22-14-16-24(17-15-22)39(45)46)19-30(40)38-29(20-47-34(38)44)23-9-3-2-4-10-23;/h2-18,26,29,31H,19-20H2,1H3,(H2,36,37,41,42,43);/p-1/t26-,29-,31+;/m1./s1. The second kappa shape index (κ2) is 15.7. The van der Waals surface area contributed by atoms with E-state index < -0.39 is 53.2 Å². The number of nitro benzene ring substituents is 1. The van der Waals surface area contributed by atoms with E-state index in [0.29, 0.717) is 11.1 Å². The molecule has 248 valence electrons. The van der Waals surface area contributed by atoms with E-state index in [-0.39, 0.29) is 51.4 Å². The Hall–Kier alpha value is -5.75. The average molecular weight is 693 g/mol. The second-order valence-electron chi connectivity index (χ2n) is 10.6. The number of nitrogens with zero attached hydrogens (tertiary/aromatic N) is 5. The number of para-hydroxylation sites is 1. The number of hydrogen-bond acceptors (Lipinski definition) is 9. The fraction of sp³-hybridized carbons (Fsp3) is 0.176. The van der Waals surface area contributed by atoms with Crippen molar-refractivity contribution < 1.29 is 50.4 Å². The van der Waals surface area contributed by atoms with Gasteiger partial charge in [-0.3, -0.25) is 24.9 Å². The number of non-ortho nitro benzene ring substituents is 1. The van der Waals surface area contributed by atoms with Gasteiger partial charge in [0.2, 0.25) is 5.91 Å². The Kier molecular flexibility index (Phi) is 11.5. The zero-order valence-electron chi connectivity index (χ0n) is 25.3. The number of carboxylic acids is 1. The van der Waals surface area contributed by atoms with Crippen molar-refractivity contribution in [3.63, 3.8) is 0 Å². The molecule has 1 fully saturated rings. The molecule has 1 aliphatic rings. The summed E-state index contributed by atoms with van der Waals surface area (Å²) in [4.78, 5) is 72.4. The van der Waals surface area contributed by atoms with E-state index in [2.05, 4.69) is 15.3 Å². The maximum atomic E-state index is 13.8. The number of aliphatic imine (C=N–C) groups is 1. The van der Waals surface area contributed by atoms with Gasteiger partial charge in [-0.15, -0.1) is 5.69 Å². The minimum absolute atomic E-state index is 0. The summed E-state index contributed by atoms with van der Waals surface area (Å²) >= 11 is 0. The number of aliphatic carboxylic acids is 1. The maximum Gasteiger partial charge on any atom is 0.417 e. The molecule has 0 aliphatic carbocycles. The first kappa shape index (κ1) is 35.1. The van der Waals surface area contributed by atoms with Crippen molar-refractivity contribution in [1.29, 1.82) is 0 Å². The molecule has 1 aliphatic heterocycles. The predicted molar refractivity (Wildman–Crippen MR) is 169 cm³/mol. The molecule has 5 rings (SSSR count). The van der Waals surface area contributed by atoms with Crippen LogP contribution < -0.4 is 0 Å². The molecule has 0 unspecified atom stereocenters. The first-order valence-corrected chi connectivity index (χ1v) is 14.5. The first-order valence-electron chi connectivity index (χ1n) is 14.5. The molecule has 3 amide bonds. The number of nitro groups is 1. The molecule has 0 bridgehead atoms. The van der Waals surface area contributed by atoms with Crippen LogP contribution in [0, 0.1) is 10.1 Å². The molecule has 0 radical (unpaired) electrons. The number of hydrogen-bond donors (Lipinski definition) is 1. The van der Waals surface area contributed by atoms with Crippen LogP contribution in [-0.4, -0.2) is 62.2 Å². The molecule has 1 N–H and O–H groups in total. The smallest absolute Gasteiger partial charge is 0.417 e. The van der Waals surface area contributed by atoms with Crippen molar-refractivity contribution in [1.82, 2.24) is 9.88 Å². The van der Waals surface area contributed by atoms with Crippen LogP contribution in [-0.2, 0) is 30.8 Å². The maximum absolute atomic E-state index is 13.8. The van der Waals surface area contributed by atoms with Gasteiger partial charge in [0, 0.05) is 52.9 Å². The monoisotopic (exact) mass is 692 g/mol. The van der Waals surface area contributed by atoms with Gasteiger partial charge in [0.05, 0.1) is 10.6 Å². The van der Waals surface area contributed by atoms with Crippen LogP contribution in [0.4, 0.5) is 16.2 Å². The van der Waals surface area contributed by atoms with Gasteiger partial charge >= 0.3 is 12.1 Å². The summed E-state index contributed by atoms with van der Waals surface area (Å²) in [5, 5.41) is 25.9. The van der Waals surface area contributed by atoms with Crippen LogP contribution in [0.2, 0.25) is 0 Å². The molecule has 4 aromatic rings. The Labute approximate surface area is 284 Å². The fourth-order valence-corrected chi connectivity index (χ4v) is 5.29. The molecular weight excluding hydrogens is 665 g/mol. The first-order chi connectivity index (χ1) is 22.6. The third-order valence-electron chi connectivity index (χ3n) is 7.62. The van der Waals surface area contributed by atoms with Gasteiger partial charge in [0.15, 0.2) is 6.04 Å². The van der Waals surface area contributed by atoms with Gasteiger partial charge in [-0.1, -0.05) is 72.8 Å². The summed E-state index contributed by atoms with van der Waals surface area (Å²) in [6.45, 7) is 1.47. The Balaban J connectivity index is 0.00000520. The number of carbonyl (C=O) groups is 4. The number of ether oxygens (including phenoxy) is 1. The zero-order valence-corrected chi connectivity index (χ0v) is 26.3.